The van der Waals surface area contributed by atoms with E-state index in [1.807, 2.05) is 0 Å². The Morgan fingerprint density at radius 2 is 2.14 bits per heavy atom. The van der Waals surface area contributed by atoms with Crippen LogP contribution in [0.1, 0.15) is 21.9 Å². The first-order valence-corrected chi connectivity index (χ1v) is 7.73. The van der Waals surface area contributed by atoms with Crippen molar-refractivity contribution in [3.63, 3.8) is 0 Å². The van der Waals surface area contributed by atoms with Crippen LogP contribution in [0, 0.1) is 13.8 Å². The van der Waals surface area contributed by atoms with Gasteiger partial charge in [-0.1, -0.05) is 0 Å². The highest BCUT2D eigenvalue weighted by molar-refractivity contribution is 7.89. The number of furan rings is 1. The smallest absolute Gasteiger partial charge is 0.287 e. The van der Waals surface area contributed by atoms with Crippen LogP contribution >= 0.6 is 0 Å². The van der Waals surface area contributed by atoms with Crippen LogP contribution < -0.4 is 10.0 Å². The number of carbonyl (C=O) groups is 1. The van der Waals surface area contributed by atoms with Gasteiger partial charge >= 0.3 is 0 Å². The van der Waals surface area contributed by atoms with Gasteiger partial charge in [-0.15, -0.1) is 0 Å². The summed E-state index contributed by atoms with van der Waals surface area (Å²) in [7, 11) is -3.65. The lowest BCUT2D eigenvalue weighted by molar-refractivity contribution is 0.0926. The largest absolute Gasteiger partial charge is 0.459 e. The van der Waals surface area contributed by atoms with Gasteiger partial charge in [0.1, 0.15) is 4.90 Å². The Morgan fingerprint density at radius 3 is 2.71 bits per heavy atom. The zero-order valence-corrected chi connectivity index (χ0v) is 12.5. The van der Waals surface area contributed by atoms with E-state index in [1.165, 1.54) is 12.3 Å². The Morgan fingerprint density at radius 1 is 1.38 bits per heavy atom. The highest BCUT2D eigenvalue weighted by Gasteiger charge is 2.21. The van der Waals surface area contributed by atoms with Crippen molar-refractivity contribution in [2.24, 2.45) is 0 Å². The van der Waals surface area contributed by atoms with Crippen molar-refractivity contribution in [3.8, 4) is 0 Å². The number of nitrogens with zero attached hydrogens (tertiary/aromatic N) is 1. The maximum absolute atomic E-state index is 12.1. The summed E-state index contributed by atoms with van der Waals surface area (Å²) in [5, 5.41) is 9.01. The molecule has 0 spiro atoms. The second-order valence-corrected chi connectivity index (χ2v) is 6.10. The zero-order chi connectivity index (χ0) is 15.5. The molecule has 0 aliphatic rings. The monoisotopic (exact) mass is 312 g/mol. The molecule has 2 aromatic rings. The number of hydrogen-bond acceptors (Lipinski definition) is 5. The Labute approximate surface area is 122 Å². The number of nitrogens with one attached hydrogen (secondary N) is 3. The van der Waals surface area contributed by atoms with E-state index in [1.54, 1.807) is 19.9 Å². The minimum atomic E-state index is -3.65. The van der Waals surface area contributed by atoms with Crippen molar-refractivity contribution in [3.05, 3.63) is 35.5 Å². The lowest BCUT2D eigenvalue weighted by Gasteiger charge is -2.07. The second kappa shape index (κ2) is 6.10. The van der Waals surface area contributed by atoms with Gasteiger partial charge in [-0.2, -0.15) is 5.10 Å². The molecule has 9 heteroatoms. The molecule has 114 valence electrons. The number of amides is 1. The fraction of sp³-hybridized carbons (Fsp3) is 0.333. The van der Waals surface area contributed by atoms with Gasteiger partial charge in [0.25, 0.3) is 5.91 Å². The highest BCUT2D eigenvalue weighted by Crippen LogP contribution is 2.15. The van der Waals surface area contributed by atoms with E-state index in [4.69, 9.17) is 4.42 Å². The molecular formula is C12H16N4O4S. The molecule has 0 aromatic carbocycles. The fourth-order valence-corrected chi connectivity index (χ4v) is 3.26. The number of H-pyrrole nitrogens is 1. The number of rotatable bonds is 6. The molecule has 0 fully saturated rings. The Bertz CT molecular complexity index is 699. The highest BCUT2D eigenvalue weighted by atomic mass is 32.2. The molecule has 21 heavy (non-hydrogen) atoms. The minimum absolute atomic E-state index is 0.0683. The standard InChI is InChI=1S/C12H16N4O4S/c1-8-11(9(2)16-15-8)21(18,19)14-6-5-13-12(17)10-4-3-7-20-10/h3-4,7,14H,5-6H2,1-2H3,(H,13,17)(H,15,16). The van der Waals surface area contributed by atoms with E-state index >= 15 is 0 Å². The Balaban J connectivity index is 1.87. The van der Waals surface area contributed by atoms with Crippen molar-refractivity contribution in [2.75, 3.05) is 13.1 Å². The van der Waals surface area contributed by atoms with E-state index in [9.17, 15) is 13.2 Å². The summed E-state index contributed by atoms with van der Waals surface area (Å²) in [5.74, 6) is -0.214. The first kappa shape index (κ1) is 15.3. The molecule has 0 aliphatic carbocycles. The van der Waals surface area contributed by atoms with E-state index in [0.29, 0.717) is 11.4 Å². The van der Waals surface area contributed by atoms with Gasteiger partial charge < -0.3 is 9.73 Å². The maximum Gasteiger partial charge on any atom is 0.287 e. The maximum atomic E-state index is 12.1. The Kier molecular flexibility index (Phi) is 4.43. The van der Waals surface area contributed by atoms with E-state index < -0.39 is 15.9 Å². The van der Waals surface area contributed by atoms with Crippen LogP contribution in [0.5, 0.6) is 0 Å². The van der Waals surface area contributed by atoms with Crippen molar-refractivity contribution < 1.29 is 17.6 Å². The van der Waals surface area contributed by atoms with Gasteiger partial charge in [0, 0.05) is 13.1 Å². The van der Waals surface area contributed by atoms with Crippen LogP contribution in [-0.4, -0.2) is 37.6 Å². The summed E-state index contributed by atoms with van der Waals surface area (Å²) in [6.07, 6.45) is 1.39. The molecular weight excluding hydrogens is 296 g/mol. The molecule has 0 radical (unpaired) electrons. The summed E-state index contributed by atoms with van der Waals surface area (Å²) >= 11 is 0. The van der Waals surface area contributed by atoms with Crippen molar-refractivity contribution in [1.29, 1.82) is 0 Å². The number of aromatic amines is 1. The first-order chi connectivity index (χ1) is 9.92. The number of hydrogen-bond donors (Lipinski definition) is 3. The van der Waals surface area contributed by atoms with Crippen LogP contribution in [-0.2, 0) is 10.0 Å². The van der Waals surface area contributed by atoms with E-state index in [-0.39, 0.29) is 23.7 Å². The van der Waals surface area contributed by atoms with Crippen LogP contribution in [0.2, 0.25) is 0 Å². The topological polar surface area (TPSA) is 117 Å². The van der Waals surface area contributed by atoms with Crippen LogP contribution in [0.25, 0.3) is 0 Å². The summed E-state index contributed by atoms with van der Waals surface area (Å²) < 4.78 is 31.5. The van der Waals surface area contributed by atoms with Gasteiger partial charge in [-0.3, -0.25) is 9.89 Å². The molecule has 0 atom stereocenters. The molecule has 2 aromatic heterocycles. The molecule has 2 heterocycles. The van der Waals surface area contributed by atoms with Crippen LogP contribution in [0.3, 0.4) is 0 Å². The van der Waals surface area contributed by atoms with Crippen LogP contribution in [0.4, 0.5) is 0 Å². The number of aromatic nitrogens is 2. The van der Waals surface area contributed by atoms with Gasteiger partial charge in [0.05, 0.1) is 17.7 Å². The zero-order valence-electron chi connectivity index (χ0n) is 11.6. The number of carbonyl (C=O) groups excluding carboxylic acids is 1. The SMILES string of the molecule is Cc1n[nH]c(C)c1S(=O)(=O)NCCNC(=O)c1ccco1. The quantitative estimate of drug-likeness (QED) is 0.664. The van der Waals surface area contributed by atoms with Crippen molar-refractivity contribution >= 4 is 15.9 Å². The predicted molar refractivity (Wildman–Crippen MR) is 74.3 cm³/mol. The molecule has 0 saturated heterocycles. The van der Waals surface area contributed by atoms with Gasteiger partial charge in [-0.25, -0.2) is 13.1 Å². The Hall–Kier alpha value is -2.13. The average Bonchev–Trinajstić information content (AvgIpc) is 3.05. The number of aryl methyl sites for hydroxylation is 2. The van der Waals surface area contributed by atoms with E-state index in [0.717, 1.165) is 0 Å². The van der Waals surface area contributed by atoms with E-state index in [2.05, 4.69) is 20.2 Å². The molecule has 0 bridgehead atoms. The lowest BCUT2D eigenvalue weighted by Crippen LogP contribution is -2.34. The average molecular weight is 312 g/mol. The normalized spacial score (nSPS) is 11.5. The fourth-order valence-electron chi connectivity index (χ4n) is 1.87. The van der Waals surface area contributed by atoms with Crippen molar-refractivity contribution in [2.45, 2.75) is 18.7 Å². The third-order valence-electron chi connectivity index (χ3n) is 2.78. The number of sulfonamides is 1. The van der Waals surface area contributed by atoms with Gasteiger partial charge in [-0.05, 0) is 26.0 Å². The van der Waals surface area contributed by atoms with Gasteiger partial charge in [0.2, 0.25) is 10.0 Å². The van der Waals surface area contributed by atoms with Gasteiger partial charge in [0.15, 0.2) is 5.76 Å². The third-order valence-corrected chi connectivity index (χ3v) is 4.50. The second-order valence-electron chi connectivity index (χ2n) is 4.39. The molecule has 3 N–H and O–H groups in total. The third kappa shape index (κ3) is 3.50. The van der Waals surface area contributed by atoms with Crippen LogP contribution in [0.15, 0.2) is 27.7 Å². The molecule has 2 rings (SSSR count). The first-order valence-electron chi connectivity index (χ1n) is 6.25. The molecule has 0 saturated carbocycles. The predicted octanol–water partition coefficient (Wildman–Crippen LogP) is 0.328. The summed E-state index contributed by atoms with van der Waals surface area (Å²) in [6.45, 7) is 3.46. The molecule has 1 amide bonds. The lowest BCUT2D eigenvalue weighted by atomic mass is 10.4. The van der Waals surface area contributed by atoms with Crippen molar-refractivity contribution in [1.82, 2.24) is 20.2 Å². The summed E-state index contributed by atoms with van der Waals surface area (Å²) in [6, 6.07) is 3.12. The summed E-state index contributed by atoms with van der Waals surface area (Å²) in [4.78, 5) is 11.7. The molecule has 8 nitrogen and oxygen atoms in total. The molecule has 0 unspecified atom stereocenters. The summed E-state index contributed by atoms with van der Waals surface area (Å²) in [5.41, 5.74) is 0.874. The molecule has 0 aliphatic heterocycles. The minimum Gasteiger partial charge on any atom is -0.459 e.